The lowest BCUT2D eigenvalue weighted by atomic mass is 10.1. The summed E-state index contributed by atoms with van der Waals surface area (Å²) >= 11 is 0. The summed E-state index contributed by atoms with van der Waals surface area (Å²) in [5.41, 5.74) is 1.99. The molecule has 0 bridgehead atoms. The van der Waals surface area contributed by atoms with Crippen LogP contribution in [0.25, 0.3) is 11.0 Å². The summed E-state index contributed by atoms with van der Waals surface area (Å²) in [6.45, 7) is 2.26. The summed E-state index contributed by atoms with van der Waals surface area (Å²) in [5.74, 6) is -0.637. The van der Waals surface area contributed by atoms with Gasteiger partial charge in [-0.05, 0) is 35.2 Å². The van der Waals surface area contributed by atoms with Crippen LogP contribution in [0.2, 0.25) is 0 Å². The van der Waals surface area contributed by atoms with E-state index in [-0.39, 0.29) is 17.8 Å². The minimum atomic E-state index is -1.21. The molecule has 1 heterocycles. The minimum absolute atomic E-state index is 0.123. The molecule has 0 radical (unpaired) electrons. The van der Waals surface area contributed by atoms with Crippen molar-refractivity contribution in [2.45, 2.75) is 20.0 Å². The van der Waals surface area contributed by atoms with Crippen LogP contribution in [0.1, 0.15) is 28.4 Å². The molecule has 122 valence electrons. The van der Waals surface area contributed by atoms with E-state index in [1.807, 2.05) is 19.1 Å². The van der Waals surface area contributed by atoms with E-state index in [1.54, 1.807) is 18.2 Å². The van der Waals surface area contributed by atoms with Gasteiger partial charge in [-0.1, -0.05) is 31.2 Å². The van der Waals surface area contributed by atoms with E-state index in [9.17, 15) is 14.7 Å². The molecular formula is C19H15O5-. The molecule has 0 atom stereocenters. The second-order valence-electron chi connectivity index (χ2n) is 5.38. The Morgan fingerprint density at radius 2 is 1.88 bits per heavy atom. The monoisotopic (exact) mass is 323 g/mol. The summed E-state index contributed by atoms with van der Waals surface area (Å²) in [5, 5.41) is 11.6. The van der Waals surface area contributed by atoms with Gasteiger partial charge in [0.1, 0.15) is 17.9 Å². The van der Waals surface area contributed by atoms with E-state index in [4.69, 9.17) is 9.15 Å². The van der Waals surface area contributed by atoms with Gasteiger partial charge in [-0.15, -0.1) is 0 Å². The molecule has 24 heavy (non-hydrogen) atoms. The van der Waals surface area contributed by atoms with Crippen molar-refractivity contribution in [3.05, 3.63) is 75.6 Å². The van der Waals surface area contributed by atoms with Crippen LogP contribution in [0.3, 0.4) is 0 Å². The van der Waals surface area contributed by atoms with Crippen molar-refractivity contribution in [1.82, 2.24) is 0 Å². The first kappa shape index (κ1) is 15.8. The normalized spacial score (nSPS) is 10.7. The molecule has 0 amide bonds. The first-order valence-electron chi connectivity index (χ1n) is 7.56. The van der Waals surface area contributed by atoms with Crippen molar-refractivity contribution < 1.29 is 19.1 Å². The highest BCUT2D eigenvalue weighted by Crippen LogP contribution is 2.23. The van der Waals surface area contributed by atoms with Crippen LogP contribution in [0, 0.1) is 0 Å². The molecular weight excluding hydrogens is 308 g/mol. The minimum Gasteiger partial charge on any atom is -0.545 e. The fourth-order valence-electron chi connectivity index (χ4n) is 2.50. The van der Waals surface area contributed by atoms with Crippen LogP contribution in [0.15, 0.2) is 57.7 Å². The average Bonchev–Trinajstić information content (AvgIpc) is 2.59. The topological polar surface area (TPSA) is 79.6 Å². The molecule has 0 fully saturated rings. The van der Waals surface area contributed by atoms with Gasteiger partial charge in [0.25, 0.3) is 0 Å². The molecule has 0 aliphatic carbocycles. The van der Waals surface area contributed by atoms with Gasteiger partial charge in [0, 0.05) is 17.5 Å². The van der Waals surface area contributed by atoms with Gasteiger partial charge >= 0.3 is 5.63 Å². The standard InChI is InChI=1S/C19H16O5/c1-2-13-9-18(20)24-17-10-15(7-8-16(13)17)23-11-12-3-5-14(6-4-12)19(21)22/h3-10H,2,11H2,1H3,(H,21,22)/p-1. The van der Waals surface area contributed by atoms with Crippen LogP contribution in [-0.2, 0) is 13.0 Å². The molecule has 0 aliphatic heterocycles. The number of hydrogen-bond donors (Lipinski definition) is 0. The second-order valence-corrected chi connectivity index (χ2v) is 5.38. The van der Waals surface area contributed by atoms with Gasteiger partial charge in [-0.25, -0.2) is 4.79 Å². The van der Waals surface area contributed by atoms with E-state index in [0.717, 1.165) is 22.9 Å². The number of carbonyl (C=O) groups is 1. The Bertz CT molecular complexity index is 938. The van der Waals surface area contributed by atoms with E-state index in [1.165, 1.54) is 18.2 Å². The number of carboxylic acid groups (broad SMARTS) is 1. The second kappa shape index (κ2) is 6.58. The molecule has 0 saturated heterocycles. The lowest BCUT2D eigenvalue weighted by Gasteiger charge is -2.09. The van der Waals surface area contributed by atoms with E-state index < -0.39 is 5.97 Å². The Morgan fingerprint density at radius 3 is 2.54 bits per heavy atom. The number of rotatable bonds is 5. The molecule has 0 aliphatic rings. The van der Waals surface area contributed by atoms with Crippen LogP contribution < -0.4 is 15.5 Å². The van der Waals surface area contributed by atoms with E-state index >= 15 is 0 Å². The van der Waals surface area contributed by atoms with Gasteiger partial charge < -0.3 is 19.1 Å². The summed E-state index contributed by atoms with van der Waals surface area (Å²) in [6, 6.07) is 13.2. The van der Waals surface area contributed by atoms with Crippen molar-refractivity contribution in [2.75, 3.05) is 0 Å². The highest BCUT2D eigenvalue weighted by molar-refractivity contribution is 5.85. The molecule has 5 nitrogen and oxygen atoms in total. The molecule has 0 saturated carbocycles. The first-order chi connectivity index (χ1) is 11.6. The third-order valence-corrected chi connectivity index (χ3v) is 3.78. The third-order valence-electron chi connectivity index (χ3n) is 3.78. The highest BCUT2D eigenvalue weighted by atomic mass is 16.5. The zero-order valence-corrected chi connectivity index (χ0v) is 13.1. The van der Waals surface area contributed by atoms with Gasteiger partial charge in [0.05, 0.1) is 5.97 Å². The first-order valence-corrected chi connectivity index (χ1v) is 7.56. The predicted octanol–water partition coefficient (Wildman–Crippen LogP) is 2.30. The Hall–Kier alpha value is -3.08. The molecule has 2 aromatic carbocycles. The fraction of sp³-hybridized carbons (Fsp3) is 0.158. The Morgan fingerprint density at radius 1 is 1.12 bits per heavy atom. The lowest BCUT2D eigenvalue weighted by Crippen LogP contribution is -2.22. The van der Waals surface area contributed by atoms with Crippen LogP contribution in [0.5, 0.6) is 5.75 Å². The maximum absolute atomic E-state index is 11.6. The maximum Gasteiger partial charge on any atom is 0.336 e. The number of carboxylic acids is 1. The number of hydrogen-bond acceptors (Lipinski definition) is 5. The number of benzene rings is 2. The molecule has 0 spiro atoms. The summed E-state index contributed by atoms with van der Waals surface area (Å²) in [4.78, 5) is 22.3. The Labute approximate surface area is 138 Å². The smallest absolute Gasteiger partial charge is 0.336 e. The maximum atomic E-state index is 11.6. The fourth-order valence-corrected chi connectivity index (χ4v) is 2.50. The van der Waals surface area contributed by atoms with E-state index in [2.05, 4.69) is 0 Å². The number of carbonyl (C=O) groups excluding carboxylic acids is 1. The molecule has 3 rings (SSSR count). The molecule has 5 heteroatoms. The number of ether oxygens (including phenoxy) is 1. The van der Waals surface area contributed by atoms with Gasteiger partial charge in [-0.2, -0.15) is 0 Å². The molecule has 0 unspecified atom stereocenters. The van der Waals surface area contributed by atoms with Crippen molar-refractivity contribution in [2.24, 2.45) is 0 Å². The summed E-state index contributed by atoms with van der Waals surface area (Å²) in [6.07, 6.45) is 0.743. The zero-order chi connectivity index (χ0) is 17.1. The van der Waals surface area contributed by atoms with E-state index in [0.29, 0.717) is 11.3 Å². The van der Waals surface area contributed by atoms with Crippen LogP contribution in [-0.4, -0.2) is 5.97 Å². The summed E-state index contributed by atoms with van der Waals surface area (Å²) in [7, 11) is 0. The molecule has 0 N–H and O–H groups in total. The van der Waals surface area contributed by atoms with Crippen LogP contribution in [0.4, 0.5) is 0 Å². The number of aromatic carboxylic acids is 1. The van der Waals surface area contributed by atoms with Crippen molar-refractivity contribution >= 4 is 16.9 Å². The van der Waals surface area contributed by atoms with Crippen molar-refractivity contribution in [3.8, 4) is 5.75 Å². The SMILES string of the molecule is CCc1cc(=O)oc2cc(OCc3ccc(C(=O)[O-])cc3)ccc12. The highest BCUT2D eigenvalue weighted by Gasteiger charge is 2.06. The Balaban J connectivity index is 1.80. The Kier molecular flexibility index (Phi) is 4.33. The van der Waals surface area contributed by atoms with Gasteiger partial charge in [0.2, 0.25) is 0 Å². The quantitative estimate of drug-likeness (QED) is 0.673. The zero-order valence-electron chi connectivity index (χ0n) is 13.1. The summed E-state index contributed by atoms with van der Waals surface area (Å²) < 4.78 is 10.9. The largest absolute Gasteiger partial charge is 0.545 e. The van der Waals surface area contributed by atoms with Crippen LogP contribution >= 0.6 is 0 Å². The van der Waals surface area contributed by atoms with Gasteiger partial charge in [0.15, 0.2) is 0 Å². The molecule has 3 aromatic rings. The van der Waals surface area contributed by atoms with Crippen molar-refractivity contribution in [1.29, 1.82) is 0 Å². The lowest BCUT2D eigenvalue weighted by molar-refractivity contribution is -0.255. The average molecular weight is 323 g/mol. The number of fused-ring (bicyclic) bond motifs is 1. The third kappa shape index (κ3) is 3.30. The molecule has 1 aromatic heterocycles. The van der Waals surface area contributed by atoms with Crippen molar-refractivity contribution in [3.63, 3.8) is 0 Å². The predicted molar refractivity (Wildman–Crippen MR) is 87.0 cm³/mol. The number of aryl methyl sites for hydroxylation is 1. The van der Waals surface area contributed by atoms with Gasteiger partial charge in [-0.3, -0.25) is 0 Å².